The van der Waals surface area contributed by atoms with Gasteiger partial charge in [0.2, 0.25) is 0 Å². The van der Waals surface area contributed by atoms with E-state index in [-0.39, 0.29) is 0 Å². The van der Waals surface area contributed by atoms with E-state index < -0.39 is 22.9 Å². The first-order valence-corrected chi connectivity index (χ1v) is 3.16. The summed E-state index contributed by atoms with van der Waals surface area (Å²) in [6.45, 7) is 0. The number of halogens is 1. The smallest absolute Gasteiger partial charge is 0.334 e. The zero-order chi connectivity index (χ0) is 8.31. The van der Waals surface area contributed by atoms with Gasteiger partial charge in [-0.15, -0.1) is 0 Å². The van der Waals surface area contributed by atoms with Crippen molar-refractivity contribution in [3.05, 3.63) is 0 Å². The first-order valence-electron chi connectivity index (χ1n) is 2.24. The van der Waals surface area contributed by atoms with Crippen molar-refractivity contribution in [2.45, 2.75) is 10.9 Å². The van der Waals surface area contributed by atoms with Crippen molar-refractivity contribution < 1.29 is 24.9 Å². The van der Waals surface area contributed by atoms with Gasteiger partial charge in [-0.1, -0.05) is 15.9 Å². The quantitative estimate of drug-likeness (QED) is 0.537. The highest BCUT2D eigenvalue weighted by Gasteiger charge is 2.28. The Hall–Kier alpha value is -0.620. The molecule has 0 unspecified atom stereocenters. The van der Waals surface area contributed by atoms with Crippen LogP contribution in [0.5, 0.6) is 0 Å². The molecule has 0 aliphatic heterocycles. The van der Waals surface area contributed by atoms with Gasteiger partial charge in [-0.05, 0) is 0 Å². The van der Waals surface area contributed by atoms with Gasteiger partial charge in [-0.2, -0.15) is 0 Å². The van der Waals surface area contributed by atoms with Crippen molar-refractivity contribution in [2.75, 3.05) is 0 Å². The monoisotopic (exact) mass is 212 g/mol. The number of rotatable bonds is 3. The summed E-state index contributed by atoms with van der Waals surface area (Å²) in [5.41, 5.74) is 0. The molecule has 5 nitrogen and oxygen atoms in total. The van der Waals surface area contributed by atoms with E-state index in [9.17, 15) is 9.59 Å². The average molecular weight is 213 g/mol. The van der Waals surface area contributed by atoms with Crippen LogP contribution in [0.2, 0.25) is 0 Å². The Morgan fingerprint density at radius 2 is 1.60 bits per heavy atom. The van der Waals surface area contributed by atoms with Crippen molar-refractivity contribution in [1.29, 1.82) is 0 Å². The lowest BCUT2D eigenvalue weighted by Gasteiger charge is -2.06. The van der Waals surface area contributed by atoms with E-state index in [1.165, 1.54) is 0 Å². The third-order valence-electron chi connectivity index (χ3n) is 0.766. The summed E-state index contributed by atoms with van der Waals surface area (Å²) in [5.74, 6) is -2.97. The highest BCUT2D eigenvalue weighted by molar-refractivity contribution is 9.10. The molecule has 58 valence electrons. The van der Waals surface area contributed by atoms with Gasteiger partial charge >= 0.3 is 11.9 Å². The molecule has 0 heterocycles. The topological polar surface area (TPSA) is 94.8 Å². The van der Waals surface area contributed by atoms with Crippen LogP contribution >= 0.6 is 15.9 Å². The van der Waals surface area contributed by atoms with Gasteiger partial charge < -0.3 is 15.3 Å². The zero-order valence-corrected chi connectivity index (χ0v) is 6.28. The maximum atomic E-state index is 9.97. The Morgan fingerprint density at radius 1 is 1.20 bits per heavy atom. The summed E-state index contributed by atoms with van der Waals surface area (Å²) in [6.07, 6.45) is -1.91. The molecule has 0 aromatic heterocycles. The normalized spacial score (nSPS) is 15.8. The van der Waals surface area contributed by atoms with E-state index in [1.54, 1.807) is 0 Å². The van der Waals surface area contributed by atoms with Gasteiger partial charge in [0.1, 0.15) is 4.83 Å². The summed E-state index contributed by atoms with van der Waals surface area (Å²) in [4.78, 5) is 18.4. The van der Waals surface area contributed by atoms with Crippen molar-refractivity contribution in [3.63, 3.8) is 0 Å². The lowest BCUT2D eigenvalue weighted by Crippen LogP contribution is -2.35. The number of hydrogen-bond acceptors (Lipinski definition) is 3. The molecule has 0 rings (SSSR count). The van der Waals surface area contributed by atoms with Crippen LogP contribution in [0.4, 0.5) is 0 Å². The molecule has 0 bridgehead atoms. The minimum absolute atomic E-state index is 1.41. The van der Waals surface area contributed by atoms with E-state index in [4.69, 9.17) is 15.3 Å². The van der Waals surface area contributed by atoms with Crippen LogP contribution in [0, 0.1) is 0 Å². The van der Waals surface area contributed by atoms with E-state index in [0.29, 0.717) is 0 Å². The second-order valence-electron chi connectivity index (χ2n) is 1.52. The number of hydrogen-bond donors (Lipinski definition) is 3. The minimum atomic E-state index is -1.91. The summed E-state index contributed by atoms with van der Waals surface area (Å²) in [7, 11) is 0. The molecule has 0 saturated heterocycles. The van der Waals surface area contributed by atoms with Gasteiger partial charge in [-0.3, -0.25) is 4.79 Å². The number of carbonyl (C=O) groups is 2. The Morgan fingerprint density at radius 3 is 1.70 bits per heavy atom. The molecule has 0 aromatic carbocycles. The Kier molecular flexibility index (Phi) is 3.31. The second kappa shape index (κ2) is 3.52. The zero-order valence-electron chi connectivity index (χ0n) is 4.69. The number of alkyl halides is 1. The summed E-state index contributed by atoms with van der Waals surface area (Å²) >= 11 is 2.48. The molecule has 0 aliphatic carbocycles. The third kappa shape index (κ3) is 2.32. The number of aliphatic hydroxyl groups is 1. The molecule has 10 heavy (non-hydrogen) atoms. The Labute approximate surface area is 64.4 Å². The number of carboxylic acids is 2. The maximum Gasteiger partial charge on any atom is 0.334 e. The molecule has 0 aromatic rings. The third-order valence-corrected chi connectivity index (χ3v) is 1.66. The molecule has 0 aliphatic rings. The van der Waals surface area contributed by atoms with Crippen LogP contribution in [-0.4, -0.2) is 38.2 Å². The number of aliphatic hydroxyl groups excluding tert-OH is 1. The highest BCUT2D eigenvalue weighted by atomic mass is 79.9. The Bertz CT molecular complexity index is 138. The van der Waals surface area contributed by atoms with E-state index in [2.05, 4.69) is 15.9 Å². The highest BCUT2D eigenvalue weighted by Crippen LogP contribution is 2.05. The number of carboxylic acid groups (broad SMARTS) is 2. The van der Waals surface area contributed by atoms with Gasteiger partial charge in [0.15, 0.2) is 6.10 Å². The molecule has 0 saturated carbocycles. The lowest BCUT2D eigenvalue weighted by molar-refractivity contribution is -0.151. The van der Waals surface area contributed by atoms with Crippen LogP contribution in [0.25, 0.3) is 0 Å². The standard InChI is InChI=1S/C4H5BrO5/c5-1(3(7)8)2(6)4(9)10/h1-2,6H,(H,7,8)(H,9,10)/t1-,2-/m0/s1. The van der Waals surface area contributed by atoms with E-state index in [0.717, 1.165) is 0 Å². The first-order chi connectivity index (χ1) is 4.46. The molecule has 2 atom stereocenters. The fourth-order valence-corrected chi connectivity index (χ4v) is 0.486. The Balaban J connectivity index is 4.07. The average Bonchev–Trinajstić information content (AvgIpc) is 1.84. The van der Waals surface area contributed by atoms with Crippen molar-refractivity contribution in [1.82, 2.24) is 0 Å². The van der Waals surface area contributed by atoms with Crippen molar-refractivity contribution >= 4 is 27.9 Å². The molecule has 0 fully saturated rings. The van der Waals surface area contributed by atoms with Gasteiger partial charge in [-0.25, -0.2) is 4.79 Å². The maximum absolute atomic E-state index is 9.97. The SMILES string of the molecule is O=C(O)[C@@H](O)[C@H](Br)C(=O)O. The molecule has 3 N–H and O–H groups in total. The molecule has 0 spiro atoms. The number of aliphatic carboxylic acids is 2. The van der Waals surface area contributed by atoms with Gasteiger partial charge in [0.25, 0.3) is 0 Å². The molecule has 6 heteroatoms. The fourth-order valence-electron chi connectivity index (χ4n) is 0.260. The summed E-state index contributed by atoms with van der Waals surface area (Å²) in [6, 6.07) is 0. The van der Waals surface area contributed by atoms with Crippen molar-refractivity contribution in [2.24, 2.45) is 0 Å². The van der Waals surface area contributed by atoms with Crippen LogP contribution in [0.3, 0.4) is 0 Å². The second-order valence-corrected chi connectivity index (χ2v) is 2.51. The predicted octanol–water partition coefficient (Wildman–Crippen LogP) is -0.720. The van der Waals surface area contributed by atoms with E-state index in [1.807, 2.05) is 0 Å². The minimum Gasteiger partial charge on any atom is -0.480 e. The van der Waals surface area contributed by atoms with Crippen LogP contribution in [-0.2, 0) is 9.59 Å². The first kappa shape index (κ1) is 9.38. The predicted molar refractivity (Wildman–Crippen MR) is 34.0 cm³/mol. The van der Waals surface area contributed by atoms with Crippen LogP contribution in [0.15, 0.2) is 0 Å². The fraction of sp³-hybridized carbons (Fsp3) is 0.500. The molecule has 0 amide bonds. The molecular weight excluding hydrogens is 208 g/mol. The van der Waals surface area contributed by atoms with Crippen molar-refractivity contribution in [3.8, 4) is 0 Å². The van der Waals surface area contributed by atoms with Gasteiger partial charge in [0, 0.05) is 0 Å². The molecular formula is C4H5BrO5. The van der Waals surface area contributed by atoms with Crippen LogP contribution < -0.4 is 0 Å². The molecule has 0 radical (unpaired) electrons. The van der Waals surface area contributed by atoms with Gasteiger partial charge in [0.05, 0.1) is 0 Å². The largest absolute Gasteiger partial charge is 0.480 e. The summed E-state index contributed by atoms with van der Waals surface area (Å²) < 4.78 is 0. The lowest BCUT2D eigenvalue weighted by atomic mass is 10.2. The van der Waals surface area contributed by atoms with Crippen LogP contribution in [0.1, 0.15) is 0 Å². The van der Waals surface area contributed by atoms with E-state index >= 15 is 0 Å². The summed E-state index contributed by atoms with van der Waals surface area (Å²) in [5, 5.41) is 24.7.